The van der Waals surface area contributed by atoms with Crippen molar-refractivity contribution in [1.29, 1.82) is 0 Å². The Hall–Kier alpha value is -0.530. The van der Waals surface area contributed by atoms with E-state index in [9.17, 15) is 4.79 Å². The van der Waals surface area contributed by atoms with Gasteiger partial charge in [-0.1, -0.05) is 258 Å². The molecule has 0 aromatic rings. The summed E-state index contributed by atoms with van der Waals surface area (Å²) in [5, 5.41) is 0. The minimum Gasteiger partial charge on any atom is -0.466 e. The molecule has 0 saturated carbocycles. The molecule has 47 heavy (non-hydrogen) atoms. The topological polar surface area (TPSA) is 26.3 Å². The van der Waals surface area contributed by atoms with Crippen molar-refractivity contribution in [3.05, 3.63) is 0 Å². The van der Waals surface area contributed by atoms with E-state index in [1.807, 2.05) is 0 Å². The zero-order valence-corrected chi connectivity index (χ0v) is 33.0. The summed E-state index contributed by atoms with van der Waals surface area (Å²) in [7, 11) is 0. The van der Waals surface area contributed by atoms with E-state index >= 15 is 0 Å². The summed E-state index contributed by atoms with van der Waals surface area (Å²) in [5.41, 5.74) is 0. The Morgan fingerprint density at radius 3 is 0.702 bits per heavy atom. The second-order valence-electron chi connectivity index (χ2n) is 15.4. The van der Waals surface area contributed by atoms with Crippen molar-refractivity contribution in [2.24, 2.45) is 0 Å². The Morgan fingerprint density at radius 2 is 0.468 bits per heavy atom. The van der Waals surface area contributed by atoms with E-state index in [2.05, 4.69) is 13.8 Å². The first-order valence-corrected chi connectivity index (χ1v) is 22.5. The van der Waals surface area contributed by atoms with E-state index in [-0.39, 0.29) is 5.97 Å². The van der Waals surface area contributed by atoms with Gasteiger partial charge in [-0.3, -0.25) is 4.79 Å². The van der Waals surface area contributed by atoms with Crippen molar-refractivity contribution in [1.82, 2.24) is 0 Å². The standard InChI is InChI=1S/C45H90O2/c1-3-5-7-9-11-13-15-17-18-19-20-21-22-23-24-25-26-27-28-29-30-31-33-35-37-39-41-43-45(46)47-44-42-40-38-36-34-32-16-14-12-10-8-6-4-2/h3-44H2,1-2H3. The number of ether oxygens (including phenoxy) is 1. The number of unbranched alkanes of at least 4 members (excludes halogenated alkanes) is 38. The molecular formula is C45H90O2. The van der Waals surface area contributed by atoms with E-state index in [4.69, 9.17) is 4.74 Å². The van der Waals surface area contributed by atoms with Crippen LogP contribution in [0.4, 0.5) is 0 Å². The lowest BCUT2D eigenvalue weighted by Crippen LogP contribution is -2.05. The molecule has 0 heterocycles. The van der Waals surface area contributed by atoms with E-state index < -0.39 is 0 Å². The molecule has 0 saturated heterocycles. The average molecular weight is 663 g/mol. The number of hydrogen-bond donors (Lipinski definition) is 0. The van der Waals surface area contributed by atoms with Gasteiger partial charge in [-0.25, -0.2) is 0 Å². The molecule has 0 atom stereocenters. The minimum atomic E-state index is 0.0310. The molecule has 0 aliphatic rings. The number of esters is 1. The molecule has 2 nitrogen and oxygen atoms in total. The lowest BCUT2D eigenvalue weighted by molar-refractivity contribution is -0.143. The molecule has 0 aromatic carbocycles. The number of hydrogen-bond acceptors (Lipinski definition) is 2. The smallest absolute Gasteiger partial charge is 0.305 e. The molecule has 0 aliphatic heterocycles. The first-order valence-electron chi connectivity index (χ1n) is 22.5. The maximum absolute atomic E-state index is 12.0. The predicted octanol–water partition coefficient (Wildman–Crippen LogP) is 16.6. The SMILES string of the molecule is CCCCCCCCCCCCCCCCCCCCCCCCCCCCCC(=O)OCCCCCCCCCCCCCCC. The fourth-order valence-electron chi connectivity index (χ4n) is 7.14. The lowest BCUT2D eigenvalue weighted by Gasteiger charge is -2.06. The average Bonchev–Trinajstić information content (AvgIpc) is 3.08. The molecule has 2 heteroatoms. The Morgan fingerprint density at radius 1 is 0.277 bits per heavy atom. The Kier molecular flexibility index (Phi) is 43.0. The van der Waals surface area contributed by atoms with Crippen LogP contribution in [0.25, 0.3) is 0 Å². The molecule has 0 radical (unpaired) electrons. The first kappa shape index (κ1) is 46.5. The van der Waals surface area contributed by atoms with Crippen molar-refractivity contribution < 1.29 is 9.53 Å². The van der Waals surface area contributed by atoms with Crippen molar-refractivity contribution in [2.75, 3.05) is 6.61 Å². The quantitative estimate of drug-likeness (QED) is 0.0480. The maximum atomic E-state index is 12.0. The highest BCUT2D eigenvalue weighted by Gasteiger charge is 2.03. The molecule has 0 spiro atoms. The fraction of sp³-hybridized carbons (Fsp3) is 0.978. The Labute approximate surface area is 298 Å². The van der Waals surface area contributed by atoms with Crippen molar-refractivity contribution in [3.63, 3.8) is 0 Å². The molecular weight excluding hydrogens is 572 g/mol. The minimum absolute atomic E-state index is 0.0310. The number of rotatable bonds is 42. The summed E-state index contributed by atoms with van der Waals surface area (Å²) in [6, 6.07) is 0. The highest BCUT2D eigenvalue weighted by molar-refractivity contribution is 5.69. The van der Waals surface area contributed by atoms with Crippen molar-refractivity contribution >= 4 is 5.97 Å². The Balaban J connectivity index is 3.13. The van der Waals surface area contributed by atoms with Gasteiger partial charge in [0.2, 0.25) is 0 Å². The maximum Gasteiger partial charge on any atom is 0.305 e. The van der Waals surface area contributed by atoms with Crippen LogP contribution in [0.5, 0.6) is 0 Å². The summed E-state index contributed by atoms with van der Waals surface area (Å²) < 4.78 is 5.46. The third kappa shape index (κ3) is 43.4. The molecule has 0 aliphatic carbocycles. The zero-order chi connectivity index (χ0) is 34.0. The molecule has 0 N–H and O–H groups in total. The van der Waals surface area contributed by atoms with Gasteiger partial charge in [-0.05, 0) is 12.8 Å². The Bertz CT molecular complexity index is 558. The monoisotopic (exact) mass is 663 g/mol. The van der Waals surface area contributed by atoms with Gasteiger partial charge < -0.3 is 4.74 Å². The number of carbonyl (C=O) groups excluding carboxylic acids is 1. The van der Waals surface area contributed by atoms with Crippen LogP contribution in [0, 0.1) is 0 Å². The summed E-state index contributed by atoms with van der Waals surface area (Å²) in [6.07, 6.45) is 56.5. The zero-order valence-electron chi connectivity index (χ0n) is 33.0. The van der Waals surface area contributed by atoms with Gasteiger partial charge in [-0.15, -0.1) is 0 Å². The van der Waals surface area contributed by atoms with Gasteiger partial charge in [0, 0.05) is 6.42 Å². The summed E-state index contributed by atoms with van der Waals surface area (Å²) in [5.74, 6) is 0.0310. The van der Waals surface area contributed by atoms with Crippen LogP contribution >= 0.6 is 0 Å². The molecule has 0 unspecified atom stereocenters. The third-order valence-corrected chi connectivity index (χ3v) is 10.5. The van der Waals surface area contributed by atoms with E-state index in [1.54, 1.807) is 0 Å². The van der Waals surface area contributed by atoms with Gasteiger partial charge in [0.25, 0.3) is 0 Å². The van der Waals surface area contributed by atoms with Crippen LogP contribution in [-0.2, 0) is 9.53 Å². The normalized spacial score (nSPS) is 11.4. The van der Waals surface area contributed by atoms with Gasteiger partial charge in [0.1, 0.15) is 0 Å². The van der Waals surface area contributed by atoms with Crippen LogP contribution in [0.2, 0.25) is 0 Å². The lowest BCUT2D eigenvalue weighted by atomic mass is 10.0. The fourth-order valence-corrected chi connectivity index (χ4v) is 7.14. The molecule has 0 aromatic heterocycles. The van der Waals surface area contributed by atoms with Crippen LogP contribution < -0.4 is 0 Å². The number of carbonyl (C=O) groups is 1. The largest absolute Gasteiger partial charge is 0.466 e. The van der Waals surface area contributed by atoms with Gasteiger partial charge in [0.15, 0.2) is 0 Å². The van der Waals surface area contributed by atoms with Crippen LogP contribution in [0.15, 0.2) is 0 Å². The first-order chi connectivity index (χ1) is 23.3. The van der Waals surface area contributed by atoms with Gasteiger partial charge in [-0.2, -0.15) is 0 Å². The summed E-state index contributed by atoms with van der Waals surface area (Å²) in [4.78, 5) is 12.0. The molecule has 0 fully saturated rings. The molecule has 282 valence electrons. The van der Waals surface area contributed by atoms with Crippen LogP contribution in [0.1, 0.15) is 277 Å². The summed E-state index contributed by atoms with van der Waals surface area (Å²) >= 11 is 0. The van der Waals surface area contributed by atoms with E-state index in [0.29, 0.717) is 13.0 Å². The second-order valence-corrected chi connectivity index (χ2v) is 15.4. The molecule has 0 amide bonds. The van der Waals surface area contributed by atoms with Gasteiger partial charge in [0.05, 0.1) is 6.61 Å². The van der Waals surface area contributed by atoms with Crippen molar-refractivity contribution in [2.45, 2.75) is 277 Å². The highest BCUT2D eigenvalue weighted by Crippen LogP contribution is 2.17. The summed E-state index contributed by atoms with van der Waals surface area (Å²) in [6.45, 7) is 5.23. The second kappa shape index (κ2) is 43.5. The van der Waals surface area contributed by atoms with E-state index in [0.717, 1.165) is 12.8 Å². The van der Waals surface area contributed by atoms with Gasteiger partial charge >= 0.3 is 5.97 Å². The van der Waals surface area contributed by atoms with Crippen molar-refractivity contribution in [3.8, 4) is 0 Å². The van der Waals surface area contributed by atoms with E-state index in [1.165, 1.54) is 244 Å². The molecule has 0 rings (SSSR count). The van der Waals surface area contributed by atoms with Crippen LogP contribution in [0.3, 0.4) is 0 Å². The predicted molar refractivity (Wildman–Crippen MR) is 212 cm³/mol. The highest BCUT2D eigenvalue weighted by atomic mass is 16.5. The van der Waals surface area contributed by atoms with Crippen LogP contribution in [-0.4, -0.2) is 12.6 Å². The molecule has 0 bridgehead atoms. The third-order valence-electron chi connectivity index (χ3n) is 10.5.